The quantitative estimate of drug-likeness (QED) is 0.122. The minimum Gasteiger partial charge on any atom is -0.309 e. The molecule has 24 rings (SSSR count). The molecule has 0 radical (unpaired) electrons. The smallest absolute Gasteiger partial charge is 0.0973 e. The maximum atomic E-state index is 5.27. The zero-order valence-electron chi connectivity index (χ0n) is 78.8. The fraction of sp³-hybridized carbons (Fsp3) is 0.125. The molecule has 0 amide bonds. The second-order valence-corrected chi connectivity index (χ2v) is 40.7. The van der Waals surface area contributed by atoms with Crippen LogP contribution in [0.15, 0.2) is 413 Å². The lowest BCUT2D eigenvalue weighted by molar-refractivity contribution is 0.589. The number of para-hydroxylation sites is 8. The van der Waals surface area contributed by atoms with Crippen LogP contribution in [0.1, 0.15) is 105 Å². The van der Waals surface area contributed by atoms with Crippen LogP contribution >= 0.6 is 0 Å². The number of rotatable bonds is 12. The van der Waals surface area contributed by atoms with Crippen LogP contribution in [0.4, 0.5) is 0 Å². The Morgan fingerprint density at radius 1 is 0.147 bits per heavy atom. The van der Waals surface area contributed by atoms with Crippen molar-refractivity contribution in [1.82, 2.24) is 38.2 Å². The lowest BCUT2D eigenvalue weighted by atomic mass is 9.87. The van der Waals surface area contributed by atoms with Gasteiger partial charge >= 0.3 is 0 Å². The van der Waals surface area contributed by atoms with Crippen LogP contribution in [0.2, 0.25) is 0 Å². The molecule has 0 bridgehead atoms. The molecule has 136 heavy (non-hydrogen) atoms. The highest BCUT2D eigenvalue weighted by atomic mass is 15.0. The molecular formula is C128H104N8. The zero-order chi connectivity index (χ0) is 92.6. The van der Waals surface area contributed by atoms with Gasteiger partial charge in [-0.25, -0.2) is 19.9 Å². The second kappa shape index (κ2) is 32.9. The molecule has 656 valence electrons. The highest BCUT2D eigenvalue weighted by molar-refractivity contribution is 6.14. The highest BCUT2D eigenvalue weighted by Crippen LogP contribution is 2.45. The van der Waals surface area contributed by atoms with E-state index < -0.39 is 0 Å². The van der Waals surface area contributed by atoms with E-state index in [1.165, 1.54) is 154 Å². The van der Waals surface area contributed by atoms with Gasteiger partial charge in [0.15, 0.2) is 0 Å². The van der Waals surface area contributed by atoms with Crippen molar-refractivity contribution in [3.63, 3.8) is 0 Å². The van der Waals surface area contributed by atoms with Crippen molar-refractivity contribution in [2.45, 2.75) is 105 Å². The molecule has 8 heteroatoms. The molecule has 0 aliphatic rings. The topological polar surface area (TPSA) is 71.3 Å². The molecule has 0 fully saturated rings. The van der Waals surface area contributed by atoms with Crippen molar-refractivity contribution >= 4 is 109 Å². The molecule has 24 aromatic rings. The third-order valence-corrected chi connectivity index (χ3v) is 27.7. The Labute approximate surface area is 793 Å². The molecule has 0 saturated heterocycles. The van der Waals surface area contributed by atoms with Crippen LogP contribution in [0, 0.1) is 0 Å². The Hall–Kier alpha value is -16.2. The molecule has 6 aromatic heterocycles. The molecule has 0 aliphatic carbocycles. The van der Waals surface area contributed by atoms with Gasteiger partial charge in [0.2, 0.25) is 0 Å². The standard InChI is InChI=1S/2C64H52N4/c1-63(2,3)47-15-13-17-49(39-47)67-57-23-11-7-19-51(57)53-37-45(33-35-59(53)67)41-25-29-43(30-26-41)61-62(66-56-22-10-9-21-55(56)65-61)44-31-27-42(28-32-44)46-34-36-60-54(38-46)52-20-8-12-24-58(52)68(60)50-18-14-16-48(40-50)64(4,5)6;1-63(2,3)47-29-33-49(34-30-47)67-57-17-11-7-13-51(57)53-39-45(27-37-59(53)67)41-19-23-43(24-20-41)61-62(66-56-16-10-9-15-55(56)65-61)44-25-21-42(22-26-44)46-28-38-60-54(40-46)52-14-8-12-18-58(52)68(60)50-35-31-48(32-36-50)64(4,5)6/h2*7-40H,1-6H3. The van der Waals surface area contributed by atoms with E-state index in [0.717, 1.165) is 89.4 Å². The molecular weight excluding hydrogens is 1650 g/mol. The highest BCUT2D eigenvalue weighted by Gasteiger charge is 2.26. The number of aromatic nitrogens is 8. The summed E-state index contributed by atoms with van der Waals surface area (Å²) in [5.41, 5.74) is 40.3. The Balaban J connectivity index is 0.000000153. The molecule has 0 N–H and O–H groups in total. The summed E-state index contributed by atoms with van der Waals surface area (Å²) in [5, 5.41) is 9.93. The van der Waals surface area contributed by atoms with Gasteiger partial charge in [0.1, 0.15) is 0 Å². The molecule has 8 nitrogen and oxygen atoms in total. The van der Waals surface area contributed by atoms with Gasteiger partial charge < -0.3 is 18.3 Å². The Morgan fingerprint density at radius 3 is 0.596 bits per heavy atom. The first kappa shape index (κ1) is 84.1. The monoisotopic (exact) mass is 1750 g/mol. The first-order valence-corrected chi connectivity index (χ1v) is 47.5. The van der Waals surface area contributed by atoms with Crippen molar-refractivity contribution < 1.29 is 0 Å². The maximum absolute atomic E-state index is 5.27. The summed E-state index contributed by atoms with van der Waals surface area (Å²) in [4.78, 5) is 21.1. The summed E-state index contributed by atoms with van der Waals surface area (Å²) >= 11 is 0. The third kappa shape index (κ3) is 15.2. The fourth-order valence-corrected chi connectivity index (χ4v) is 20.3. The first-order chi connectivity index (χ1) is 65.9. The number of benzene rings is 18. The zero-order valence-corrected chi connectivity index (χ0v) is 78.8. The molecule has 0 spiro atoms. The van der Waals surface area contributed by atoms with Crippen LogP contribution in [0.25, 0.3) is 222 Å². The van der Waals surface area contributed by atoms with E-state index in [4.69, 9.17) is 19.9 Å². The van der Waals surface area contributed by atoms with E-state index in [-0.39, 0.29) is 21.7 Å². The Kier molecular flexibility index (Phi) is 20.4. The van der Waals surface area contributed by atoms with Crippen molar-refractivity contribution in [2.75, 3.05) is 0 Å². The van der Waals surface area contributed by atoms with Crippen molar-refractivity contribution in [3.05, 3.63) is 435 Å². The third-order valence-electron chi connectivity index (χ3n) is 27.7. The van der Waals surface area contributed by atoms with E-state index in [2.05, 4.69) is 465 Å². The van der Waals surface area contributed by atoms with Crippen LogP contribution < -0.4 is 0 Å². The van der Waals surface area contributed by atoms with Gasteiger partial charge in [0.25, 0.3) is 0 Å². The van der Waals surface area contributed by atoms with E-state index in [1.54, 1.807) is 0 Å². The maximum Gasteiger partial charge on any atom is 0.0973 e. The predicted octanol–water partition coefficient (Wildman–Crippen LogP) is 34.2. The Bertz CT molecular complexity index is 8300. The Morgan fingerprint density at radius 2 is 0.353 bits per heavy atom. The van der Waals surface area contributed by atoms with Crippen LogP contribution in [0.3, 0.4) is 0 Å². The van der Waals surface area contributed by atoms with Gasteiger partial charge in [-0.05, 0) is 234 Å². The molecule has 18 aromatic carbocycles. The predicted molar refractivity (Wildman–Crippen MR) is 575 cm³/mol. The number of hydrogen-bond acceptors (Lipinski definition) is 4. The number of hydrogen-bond donors (Lipinski definition) is 0. The summed E-state index contributed by atoms with van der Waals surface area (Å²) in [6.07, 6.45) is 0. The average molecular weight is 1750 g/mol. The van der Waals surface area contributed by atoms with Crippen molar-refractivity contribution in [1.29, 1.82) is 0 Å². The van der Waals surface area contributed by atoms with Gasteiger partial charge in [-0.2, -0.15) is 0 Å². The van der Waals surface area contributed by atoms with Gasteiger partial charge in [-0.3, -0.25) is 0 Å². The van der Waals surface area contributed by atoms with Gasteiger partial charge in [0.05, 0.1) is 89.0 Å². The van der Waals surface area contributed by atoms with Crippen molar-refractivity contribution in [2.24, 2.45) is 0 Å². The summed E-state index contributed by atoms with van der Waals surface area (Å²) in [6, 6.07) is 150. The molecule has 0 aliphatic heterocycles. The average Bonchev–Trinajstić information content (AvgIpc) is 1.63. The fourth-order valence-electron chi connectivity index (χ4n) is 20.3. The second-order valence-electron chi connectivity index (χ2n) is 40.7. The first-order valence-electron chi connectivity index (χ1n) is 47.5. The minimum atomic E-state index is 0.0553. The molecule has 0 saturated carbocycles. The SMILES string of the molecule is CC(C)(C)c1ccc(-n2c3ccccc3c3cc(-c4ccc(-c5nc6ccccc6nc5-c5ccc(-c6ccc7c(c6)c6ccccc6n7-c6ccc(C(C)(C)C)cc6)cc5)cc4)ccc32)cc1.CC(C)(C)c1cccc(-n2c3ccccc3c3cc(-c4ccc(-c5nc6ccccc6nc5-c5ccc(-c6ccc7c(c6)c6ccccc6n7-c6cccc(C(C)(C)C)c6)cc5)cc4)ccc32)c1. The number of nitrogens with zero attached hydrogens (tertiary/aromatic N) is 8. The van der Waals surface area contributed by atoms with E-state index >= 15 is 0 Å². The minimum absolute atomic E-state index is 0.0553. The summed E-state index contributed by atoms with van der Waals surface area (Å²) in [6.45, 7) is 27.2. The van der Waals surface area contributed by atoms with Crippen LogP contribution in [-0.4, -0.2) is 38.2 Å². The normalized spacial score (nSPS) is 12.3. The van der Waals surface area contributed by atoms with Gasteiger partial charge in [-0.15, -0.1) is 0 Å². The summed E-state index contributed by atoms with van der Waals surface area (Å²) < 4.78 is 9.60. The molecule has 0 atom stereocenters. The van der Waals surface area contributed by atoms with E-state index in [9.17, 15) is 0 Å². The van der Waals surface area contributed by atoms with Gasteiger partial charge in [-0.1, -0.05) is 350 Å². The van der Waals surface area contributed by atoms with E-state index in [0.29, 0.717) is 0 Å². The van der Waals surface area contributed by atoms with Crippen molar-refractivity contribution in [3.8, 4) is 112 Å². The summed E-state index contributed by atoms with van der Waals surface area (Å²) in [7, 11) is 0. The lowest BCUT2D eigenvalue weighted by Gasteiger charge is -2.20. The van der Waals surface area contributed by atoms with Crippen LogP contribution in [-0.2, 0) is 21.7 Å². The lowest BCUT2D eigenvalue weighted by Crippen LogP contribution is -2.11. The van der Waals surface area contributed by atoms with Gasteiger partial charge in [0, 0.05) is 88.1 Å². The van der Waals surface area contributed by atoms with Crippen LogP contribution in [0.5, 0.6) is 0 Å². The summed E-state index contributed by atoms with van der Waals surface area (Å²) in [5.74, 6) is 0. The van der Waals surface area contributed by atoms with E-state index in [1.807, 2.05) is 48.5 Å². The largest absolute Gasteiger partial charge is 0.309 e. The molecule has 0 unspecified atom stereocenters. The molecule has 6 heterocycles. The number of fused-ring (bicyclic) bond motifs is 14.